The minimum atomic E-state index is -3.36. The maximum absolute atomic E-state index is 11.3. The van der Waals surface area contributed by atoms with Crippen molar-refractivity contribution in [2.75, 3.05) is 0 Å². The molecule has 0 saturated carbocycles. The molecular formula is C22H15NO2PS. The number of thiol groups is 1. The topological polar surface area (TPSA) is 61.1 Å². The highest BCUT2D eigenvalue weighted by molar-refractivity contribution is 8.45. The number of nitriles is 1. The lowest BCUT2D eigenvalue weighted by Crippen LogP contribution is -1.84. The van der Waals surface area contributed by atoms with Gasteiger partial charge in [0.2, 0.25) is 0 Å². The van der Waals surface area contributed by atoms with Crippen molar-refractivity contribution in [3.63, 3.8) is 0 Å². The van der Waals surface area contributed by atoms with Gasteiger partial charge in [-0.25, -0.2) is 0 Å². The molecule has 1 N–H and O–H groups in total. The standard InChI is InChI=1S/C22H15NO2PS/c23-15-20-2-1-3-22(14-20)21-12-10-18(11-13-21)5-4-17-6-8-19(9-7-17)16-26(24,25)27/h1-2,6-14H,16H2,(H2,24,25,27). The van der Waals surface area contributed by atoms with Gasteiger partial charge in [0.25, 0.3) is 6.57 Å². The Labute approximate surface area is 163 Å². The van der Waals surface area contributed by atoms with Crippen LogP contribution in [-0.4, -0.2) is 4.89 Å². The van der Waals surface area contributed by atoms with Crippen molar-refractivity contribution in [1.29, 1.82) is 5.26 Å². The number of benzene rings is 3. The largest absolute Gasteiger partial charge is 0.337 e. The Morgan fingerprint density at radius 2 is 1.56 bits per heavy atom. The fraction of sp³-hybridized carbons (Fsp3) is 0.0455. The molecule has 131 valence electrons. The monoisotopic (exact) mass is 388 g/mol. The van der Waals surface area contributed by atoms with Crippen LogP contribution in [0.4, 0.5) is 0 Å². The molecule has 0 aromatic heterocycles. The van der Waals surface area contributed by atoms with Crippen LogP contribution in [0.15, 0.2) is 66.7 Å². The first-order valence-corrected chi connectivity index (χ1v) is 11.1. The summed E-state index contributed by atoms with van der Waals surface area (Å²) in [7, 11) is 0. The fourth-order valence-electron chi connectivity index (χ4n) is 2.51. The van der Waals surface area contributed by atoms with E-state index < -0.39 is 6.57 Å². The van der Waals surface area contributed by atoms with E-state index in [9.17, 15) is 9.46 Å². The average molecular weight is 388 g/mol. The van der Waals surface area contributed by atoms with E-state index in [1.807, 2.05) is 36.4 Å². The summed E-state index contributed by atoms with van der Waals surface area (Å²) in [4.78, 5) is 9.30. The third-order valence-electron chi connectivity index (χ3n) is 3.82. The van der Waals surface area contributed by atoms with E-state index in [2.05, 4.69) is 36.2 Å². The van der Waals surface area contributed by atoms with Crippen molar-refractivity contribution in [2.24, 2.45) is 0 Å². The molecule has 27 heavy (non-hydrogen) atoms. The molecule has 0 heterocycles. The first kappa shape index (κ1) is 19.0. The molecule has 3 rings (SSSR count). The lowest BCUT2D eigenvalue weighted by Gasteiger charge is -2.03. The van der Waals surface area contributed by atoms with Crippen molar-refractivity contribution < 1.29 is 9.46 Å². The van der Waals surface area contributed by atoms with Crippen LogP contribution in [0, 0.1) is 29.2 Å². The van der Waals surface area contributed by atoms with Crippen LogP contribution in [-0.2, 0) is 10.7 Å². The van der Waals surface area contributed by atoms with Gasteiger partial charge in [-0.05, 0) is 59.2 Å². The van der Waals surface area contributed by atoms with Gasteiger partial charge in [0, 0.05) is 11.1 Å². The van der Waals surface area contributed by atoms with E-state index in [1.54, 1.807) is 30.3 Å². The van der Waals surface area contributed by atoms with Gasteiger partial charge in [-0.2, -0.15) is 5.26 Å². The quantitative estimate of drug-likeness (QED) is 0.375. The Morgan fingerprint density at radius 1 is 0.963 bits per heavy atom. The Balaban J connectivity index is 1.74. The molecule has 0 amide bonds. The molecule has 0 bridgehead atoms. The molecule has 1 atom stereocenters. The zero-order valence-corrected chi connectivity index (χ0v) is 16.0. The molecule has 0 aliphatic heterocycles. The Kier molecular flexibility index (Phi) is 5.84. The zero-order valence-electron chi connectivity index (χ0n) is 14.3. The van der Waals surface area contributed by atoms with Gasteiger partial charge < -0.3 is 4.89 Å². The van der Waals surface area contributed by atoms with Crippen LogP contribution >= 0.6 is 18.8 Å². The second kappa shape index (κ2) is 8.30. The van der Waals surface area contributed by atoms with Crippen LogP contribution < -0.4 is 0 Å². The molecule has 5 heteroatoms. The van der Waals surface area contributed by atoms with E-state index in [1.165, 1.54) is 0 Å². The maximum Gasteiger partial charge on any atom is 0.256 e. The van der Waals surface area contributed by atoms with Crippen LogP contribution in [0.5, 0.6) is 0 Å². The minimum absolute atomic E-state index is 0.0370. The highest BCUT2D eigenvalue weighted by Gasteiger charge is 2.11. The summed E-state index contributed by atoms with van der Waals surface area (Å²) in [6, 6.07) is 25.5. The predicted molar refractivity (Wildman–Crippen MR) is 110 cm³/mol. The Hall–Kier alpha value is -2.75. The zero-order chi connectivity index (χ0) is 19.3. The molecule has 3 nitrogen and oxygen atoms in total. The van der Waals surface area contributed by atoms with Crippen LogP contribution in [0.2, 0.25) is 0 Å². The second-order valence-electron chi connectivity index (χ2n) is 5.95. The number of nitrogens with zero attached hydrogens (tertiary/aromatic N) is 1. The normalized spacial score (nSPS) is 12.3. The van der Waals surface area contributed by atoms with Crippen molar-refractivity contribution >= 4 is 18.8 Å². The van der Waals surface area contributed by atoms with Crippen molar-refractivity contribution in [2.45, 2.75) is 6.16 Å². The fourth-order valence-corrected chi connectivity index (χ4v) is 3.69. The van der Waals surface area contributed by atoms with Crippen molar-refractivity contribution in [1.82, 2.24) is 0 Å². The van der Waals surface area contributed by atoms with E-state index in [4.69, 9.17) is 5.26 Å². The summed E-state index contributed by atoms with van der Waals surface area (Å²) in [5, 5.41) is 8.99. The summed E-state index contributed by atoms with van der Waals surface area (Å²) in [6.07, 6.45) is 0.0370. The number of hydrogen-bond acceptors (Lipinski definition) is 2. The molecule has 3 aromatic carbocycles. The minimum Gasteiger partial charge on any atom is -0.337 e. The van der Waals surface area contributed by atoms with Gasteiger partial charge in [0.05, 0.1) is 17.8 Å². The summed E-state index contributed by atoms with van der Waals surface area (Å²) >= 11 is 3.69. The van der Waals surface area contributed by atoms with E-state index in [0.29, 0.717) is 5.56 Å². The molecule has 0 spiro atoms. The van der Waals surface area contributed by atoms with Gasteiger partial charge >= 0.3 is 0 Å². The number of hydrogen-bond donors (Lipinski definition) is 2. The van der Waals surface area contributed by atoms with Gasteiger partial charge in [0.15, 0.2) is 0 Å². The van der Waals surface area contributed by atoms with Gasteiger partial charge in [-0.15, -0.1) is 0 Å². The average Bonchev–Trinajstić information content (AvgIpc) is 2.67. The van der Waals surface area contributed by atoms with Crippen molar-refractivity contribution in [3.05, 3.63) is 95.1 Å². The summed E-state index contributed by atoms with van der Waals surface area (Å²) < 4.78 is 11.3. The highest BCUT2D eigenvalue weighted by Crippen LogP contribution is 2.48. The van der Waals surface area contributed by atoms with Crippen LogP contribution in [0.3, 0.4) is 0 Å². The SMILES string of the molecule is N#Cc1cc[c]c(-c2ccc(C#Cc3ccc(CP(=O)(O)S)cc3)cc2)c1. The Bertz CT molecular complexity index is 1100. The molecule has 1 unspecified atom stereocenters. The first-order valence-electron chi connectivity index (χ1n) is 8.11. The molecule has 0 aliphatic carbocycles. The molecule has 0 fully saturated rings. The first-order chi connectivity index (χ1) is 12.9. The predicted octanol–water partition coefficient (Wildman–Crippen LogP) is 5.04. The third kappa shape index (κ3) is 5.61. The molecule has 0 saturated heterocycles. The van der Waals surface area contributed by atoms with E-state index >= 15 is 0 Å². The van der Waals surface area contributed by atoms with Crippen molar-refractivity contribution in [3.8, 4) is 29.0 Å². The van der Waals surface area contributed by atoms with Gasteiger partial charge in [-0.1, -0.05) is 54.4 Å². The Morgan fingerprint density at radius 3 is 2.11 bits per heavy atom. The van der Waals surface area contributed by atoms with E-state index in [0.717, 1.165) is 27.8 Å². The molecular weight excluding hydrogens is 373 g/mol. The molecule has 3 aromatic rings. The van der Waals surface area contributed by atoms with Crippen LogP contribution in [0.25, 0.3) is 11.1 Å². The summed E-state index contributed by atoms with van der Waals surface area (Å²) in [6.45, 7) is -3.36. The lowest BCUT2D eigenvalue weighted by atomic mass is 10.0. The molecule has 0 aliphatic rings. The van der Waals surface area contributed by atoms with Gasteiger partial charge in [-0.3, -0.25) is 4.57 Å². The number of rotatable bonds is 3. The smallest absolute Gasteiger partial charge is 0.256 e. The summed E-state index contributed by atoms with van der Waals surface area (Å²) in [5.74, 6) is 6.18. The summed E-state index contributed by atoms with van der Waals surface area (Å²) in [5.41, 5.74) is 4.89. The second-order valence-corrected chi connectivity index (χ2v) is 9.47. The van der Waals surface area contributed by atoms with Gasteiger partial charge in [0.1, 0.15) is 0 Å². The lowest BCUT2D eigenvalue weighted by molar-refractivity contribution is 0.496. The maximum atomic E-state index is 11.3. The molecule has 1 radical (unpaired) electrons. The highest BCUT2D eigenvalue weighted by atomic mass is 32.7. The van der Waals surface area contributed by atoms with Crippen LogP contribution in [0.1, 0.15) is 22.3 Å². The third-order valence-corrected chi connectivity index (χ3v) is 5.02. The van der Waals surface area contributed by atoms with E-state index in [-0.39, 0.29) is 6.16 Å².